The molecule has 2 aliphatic rings. The summed E-state index contributed by atoms with van der Waals surface area (Å²) in [4.78, 5) is 8.46. The van der Waals surface area contributed by atoms with Gasteiger partial charge in [0.25, 0.3) is 0 Å². The van der Waals surface area contributed by atoms with E-state index in [9.17, 15) is 0 Å². The molecule has 2 heterocycles. The van der Waals surface area contributed by atoms with Crippen LogP contribution in [0.3, 0.4) is 0 Å². The molecule has 0 atom stereocenters. The highest BCUT2D eigenvalue weighted by Crippen LogP contribution is 2.17. The minimum absolute atomic E-state index is 0.476. The van der Waals surface area contributed by atoms with Crippen LogP contribution in [0, 0.1) is 13.3 Å². The molecule has 0 spiro atoms. The summed E-state index contributed by atoms with van der Waals surface area (Å²) in [5.41, 5.74) is 0. The van der Waals surface area contributed by atoms with Crippen LogP contribution in [0.1, 0.15) is 34.1 Å². The molecular weight excluding hydrogens is 236 g/mol. The highest BCUT2D eigenvalue weighted by molar-refractivity contribution is 5.00. The van der Waals surface area contributed by atoms with Crippen LogP contribution in [0.2, 0.25) is 0 Å². The fourth-order valence-corrected chi connectivity index (χ4v) is 1.97. The molecular formula is C15H24N4. The second-order valence-corrected chi connectivity index (χ2v) is 5.54. The first-order valence-electron chi connectivity index (χ1n) is 7.05. The van der Waals surface area contributed by atoms with E-state index in [1.165, 1.54) is 0 Å². The zero-order valence-corrected chi connectivity index (χ0v) is 12.4. The molecule has 0 amide bonds. The van der Waals surface area contributed by atoms with Gasteiger partial charge in [-0.25, -0.2) is 0 Å². The van der Waals surface area contributed by atoms with Crippen molar-refractivity contribution < 1.29 is 0 Å². The highest BCUT2D eigenvalue weighted by Gasteiger charge is 2.19. The van der Waals surface area contributed by atoms with E-state index in [2.05, 4.69) is 85.4 Å². The molecule has 0 aromatic rings. The summed E-state index contributed by atoms with van der Waals surface area (Å²) >= 11 is 0. The lowest BCUT2D eigenvalue weighted by molar-refractivity contribution is 0.276. The van der Waals surface area contributed by atoms with Crippen molar-refractivity contribution in [3.63, 3.8) is 0 Å². The molecule has 0 saturated heterocycles. The number of hydrogen-bond acceptors (Lipinski definition) is 4. The standard InChI is InChI=1S/C15H24N4/c1-14(2)18-10-8-16(12-18)6-5-7-17-9-11-19(13-17)15(3)4/h8-11,14-15H,5-7H2,1-4H3. The Morgan fingerprint density at radius 2 is 1.16 bits per heavy atom. The maximum atomic E-state index is 3.33. The van der Waals surface area contributed by atoms with Gasteiger partial charge in [-0.15, -0.1) is 0 Å². The number of hydrogen-bond donors (Lipinski definition) is 0. The van der Waals surface area contributed by atoms with Crippen LogP contribution in [-0.4, -0.2) is 44.8 Å². The largest absolute Gasteiger partial charge is 0.346 e. The van der Waals surface area contributed by atoms with Crippen molar-refractivity contribution in [2.45, 2.75) is 46.2 Å². The molecule has 0 bridgehead atoms. The molecule has 2 rings (SSSR count). The van der Waals surface area contributed by atoms with Gasteiger partial charge in [0.2, 0.25) is 13.3 Å². The molecule has 0 fully saturated rings. The topological polar surface area (TPSA) is 13.0 Å². The molecule has 0 N–H and O–H groups in total. The van der Waals surface area contributed by atoms with Crippen LogP contribution in [0.15, 0.2) is 24.8 Å². The van der Waals surface area contributed by atoms with Crippen molar-refractivity contribution in [2.75, 3.05) is 13.1 Å². The predicted octanol–water partition coefficient (Wildman–Crippen LogP) is 2.36. The lowest BCUT2D eigenvalue weighted by Crippen LogP contribution is -2.28. The number of rotatable bonds is 6. The van der Waals surface area contributed by atoms with Crippen molar-refractivity contribution in [1.29, 1.82) is 0 Å². The Bertz CT molecular complexity index is 303. The highest BCUT2D eigenvalue weighted by atomic mass is 15.4. The Morgan fingerprint density at radius 1 is 0.737 bits per heavy atom. The first-order chi connectivity index (χ1) is 9.06. The van der Waals surface area contributed by atoms with Gasteiger partial charge in [0.1, 0.15) is 0 Å². The summed E-state index contributed by atoms with van der Waals surface area (Å²) in [6.07, 6.45) is 9.44. The summed E-state index contributed by atoms with van der Waals surface area (Å²) in [5.74, 6) is 0. The third-order valence-electron chi connectivity index (χ3n) is 3.21. The average molecular weight is 260 g/mol. The van der Waals surface area contributed by atoms with Crippen molar-refractivity contribution in [2.24, 2.45) is 0 Å². The first-order valence-corrected chi connectivity index (χ1v) is 7.05. The quantitative estimate of drug-likeness (QED) is 0.727. The summed E-state index contributed by atoms with van der Waals surface area (Å²) in [7, 11) is 0. The second kappa shape index (κ2) is 6.22. The monoisotopic (exact) mass is 260 g/mol. The molecule has 4 radical (unpaired) electrons. The zero-order valence-electron chi connectivity index (χ0n) is 12.4. The SMILES string of the molecule is CC(C)N1[C]N(CCCN2[C]N(C(C)C)C=C2)C=C1. The van der Waals surface area contributed by atoms with Gasteiger partial charge in [-0.3, -0.25) is 0 Å². The van der Waals surface area contributed by atoms with Crippen molar-refractivity contribution >= 4 is 0 Å². The minimum Gasteiger partial charge on any atom is -0.346 e. The first kappa shape index (κ1) is 14.1. The van der Waals surface area contributed by atoms with Crippen LogP contribution in [0.25, 0.3) is 0 Å². The fourth-order valence-electron chi connectivity index (χ4n) is 1.97. The molecule has 2 aliphatic heterocycles. The van der Waals surface area contributed by atoms with E-state index in [-0.39, 0.29) is 0 Å². The molecule has 0 unspecified atom stereocenters. The van der Waals surface area contributed by atoms with Crippen LogP contribution < -0.4 is 0 Å². The van der Waals surface area contributed by atoms with E-state index >= 15 is 0 Å². The molecule has 0 aliphatic carbocycles. The van der Waals surface area contributed by atoms with Crippen LogP contribution in [0.4, 0.5) is 0 Å². The second-order valence-electron chi connectivity index (χ2n) is 5.54. The van der Waals surface area contributed by atoms with Gasteiger partial charge >= 0.3 is 0 Å². The van der Waals surface area contributed by atoms with Gasteiger partial charge in [-0.1, -0.05) is 0 Å². The van der Waals surface area contributed by atoms with Gasteiger partial charge in [0, 0.05) is 50.0 Å². The maximum absolute atomic E-state index is 3.33. The predicted molar refractivity (Wildman–Crippen MR) is 76.7 cm³/mol. The van der Waals surface area contributed by atoms with Crippen LogP contribution in [-0.2, 0) is 0 Å². The van der Waals surface area contributed by atoms with E-state index in [1.807, 2.05) is 0 Å². The van der Waals surface area contributed by atoms with Gasteiger partial charge in [-0.05, 0) is 34.1 Å². The van der Waals surface area contributed by atoms with E-state index < -0.39 is 0 Å². The normalized spacial score (nSPS) is 18.8. The molecule has 0 aromatic carbocycles. The van der Waals surface area contributed by atoms with E-state index in [4.69, 9.17) is 0 Å². The summed E-state index contributed by atoms with van der Waals surface area (Å²) in [6.45, 7) is 17.3. The molecule has 19 heavy (non-hydrogen) atoms. The molecule has 4 heteroatoms. The third kappa shape index (κ3) is 3.82. The van der Waals surface area contributed by atoms with Crippen molar-refractivity contribution in [1.82, 2.24) is 19.6 Å². The summed E-state index contributed by atoms with van der Waals surface area (Å²) in [6, 6.07) is 0.952. The van der Waals surface area contributed by atoms with Gasteiger partial charge in [-0.2, -0.15) is 0 Å². The molecule has 0 saturated carbocycles. The lowest BCUT2D eigenvalue weighted by atomic mass is 10.3. The molecule has 104 valence electrons. The Balaban J connectivity index is 1.61. The Hall–Kier alpha value is -1.32. The Labute approximate surface area is 117 Å². The van der Waals surface area contributed by atoms with E-state index in [0.717, 1.165) is 19.5 Å². The fraction of sp³-hybridized carbons (Fsp3) is 0.600. The van der Waals surface area contributed by atoms with Crippen LogP contribution >= 0.6 is 0 Å². The number of nitrogens with zero attached hydrogens (tertiary/aromatic N) is 4. The average Bonchev–Trinajstić information content (AvgIpc) is 2.97. The third-order valence-corrected chi connectivity index (χ3v) is 3.21. The van der Waals surface area contributed by atoms with E-state index in [0.29, 0.717) is 12.1 Å². The maximum Gasteiger partial charge on any atom is 0.208 e. The lowest BCUT2D eigenvalue weighted by Gasteiger charge is -2.24. The van der Waals surface area contributed by atoms with Crippen molar-refractivity contribution in [3.8, 4) is 0 Å². The Kier molecular flexibility index (Phi) is 4.61. The Morgan fingerprint density at radius 3 is 1.47 bits per heavy atom. The summed E-state index contributed by atoms with van der Waals surface area (Å²) < 4.78 is 0. The minimum atomic E-state index is 0.476. The van der Waals surface area contributed by atoms with Crippen LogP contribution in [0.5, 0.6) is 0 Å². The van der Waals surface area contributed by atoms with Gasteiger partial charge in [0.15, 0.2) is 0 Å². The van der Waals surface area contributed by atoms with Gasteiger partial charge in [0.05, 0.1) is 0 Å². The molecule has 0 aromatic heterocycles. The molecule has 4 nitrogen and oxygen atoms in total. The zero-order chi connectivity index (χ0) is 13.8. The van der Waals surface area contributed by atoms with E-state index in [1.54, 1.807) is 0 Å². The smallest absolute Gasteiger partial charge is 0.208 e. The summed E-state index contributed by atoms with van der Waals surface area (Å²) in [5, 5.41) is 0. The van der Waals surface area contributed by atoms with Gasteiger partial charge < -0.3 is 19.6 Å². The van der Waals surface area contributed by atoms with Crippen molar-refractivity contribution in [3.05, 3.63) is 38.1 Å².